The molecule has 0 saturated carbocycles. The molecule has 0 saturated heterocycles. The molecule has 2 N–H and O–H groups in total. The topological polar surface area (TPSA) is 99.8 Å². The standard InChI is InChI=1S/C23H26N8/c1-4-18(20-9-11-25-14-26-20)21-23(31(5-2)15-27-21)28-22(24)17-8-6-7-16(13-17)19-10-12-30(3)29-19/h6-15,18H,4-5H2,1-3H3,(H2,24,28). The summed E-state index contributed by atoms with van der Waals surface area (Å²) in [6.07, 6.45) is 7.89. The maximum atomic E-state index is 6.47. The monoisotopic (exact) mass is 414 g/mol. The number of nitrogens with zero attached hydrogens (tertiary/aromatic N) is 7. The van der Waals surface area contributed by atoms with E-state index in [-0.39, 0.29) is 5.92 Å². The summed E-state index contributed by atoms with van der Waals surface area (Å²) >= 11 is 0. The van der Waals surface area contributed by atoms with Crippen molar-refractivity contribution in [3.05, 3.63) is 78.4 Å². The number of rotatable bonds is 7. The van der Waals surface area contributed by atoms with Gasteiger partial charge in [0.15, 0.2) is 5.82 Å². The highest BCUT2D eigenvalue weighted by Gasteiger charge is 2.22. The van der Waals surface area contributed by atoms with Crippen molar-refractivity contribution in [1.82, 2.24) is 29.3 Å². The van der Waals surface area contributed by atoms with Crippen molar-refractivity contribution in [3.63, 3.8) is 0 Å². The first kappa shape index (κ1) is 20.5. The molecule has 0 aliphatic carbocycles. The minimum atomic E-state index is 0.0159. The van der Waals surface area contributed by atoms with Gasteiger partial charge in [-0.3, -0.25) is 4.68 Å². The Morgan fingerprint density at radius 2 is 2.03 bits per heavy atom. The summed E-state index contributed by atoms with van der Waals surface area (Å²) in [7, 11) is 1.90. The molecule has 1 aromatic carbocycles. The van der Waals surface area contributed by atoms with E-state index in [1.165, 1.54) is 0 Å². The molecule has 3 aromatic heterocycles. The molecule has 31 heavy (non-hydrogen) atoms. The van der Waals surface area contributed by atoms with Crippen LogP contribution in [0.25, 0.3) is 11.3 Å². The second-order valence-corrected chi connectivity index (χ2v) is 7.29. The third-order valence-electron chi connectivity index (χ3n) is 5.27. The molecule has 0 aliphatic heterocycles. The van der Waals surface area contributed by atoms with E-state index in [0.29, 0.717) is 5.84 Å². The lowest BCUT2D eigenvalue weighted by Crippen LogP contribution is -2.14. The van der Waals surface area contributed by atoms with E-state index >= 15 is 0 Å². The number of benzene rings is 1. The second kappa shape index (κ2) is 8.91. The van der Waals surface area contributed by atoms with E-state index < -0.39 is 0 Å². The molecule has 0 bridgehead atoms. The van der Waals surface area contributed by atoms with Crippen molar-refractivity contribution in [1.29, 1.82) is 0 Å². The van der Waals surface area contributed by atoms with Crippen LogP contribution in [0.4, 0.5) is 5.82 Å². The van der Waals surface area contributed by atoms with Crippen molar-refractivity contribution in [3.8, 4) is 11.3 Å². The highest BCUT2D eigenvalue weighted by molar-refractivity contribution is 5.99. The summed E-state index contributed by atoms with van der Waals surface area (Å²) in [5.41, 5.74) is 11.0. The van der Waals surface area contributed by atoms with Crippen molar-refractivity contribution < 1.29 is 0 Å². The Morgan fingerprint density at radius 1 is 1.16 bits per heavy atom. The van der Waals surface area contributed by atoms with E-state index in [1.54, 1.807) is 17.2 Å². The summed E-state index contributed by atoms with van der Waals surface area (Å²) < 4.78 is 3.79. The first-order valence-electron chi connectivity index (χ1n) is 10.4. The summed E-state index contributed by atoms with van der Waals surface area (Å²) in [6, 6.07) is 11.9. The van der Waals surface area contributed by atoms with Gasteiger partial charge < -0.3 is 10.3 Å². The zero-order chi connectivity index (χ0) is 21.8. The van der Waals surface area contributed by atoms with Crippen molar-refractivity contribution in [2.45, 2.75) is 32.7 Å². The quantitative estimate of drug-likeness (QED) is 0.367. The maximum Gasteiger partial charge on any atom is 0.158 e. The van der Waals surface area contributed by atoms with Gasteiger partial charge in [-0.15, -0.1) is 0 Å². The molecule has 4 aromatic rings. The highest BCUT2D eigenvalue weighted by Crippen LogP contribution is 2.33. The summed E-state index contributed by atoms with van der Waals surface area (Å²) in [4.78, 5) is 18.0. The van der Waals surface area contributed by atoms with Gasteiger partial charge >= 0.3 is 0 Å². The second-order valence-electron chi connectivity index (χ2n) is 7.29. The fourth-order valence-electron chi connectivity index (χ4n) is 3.63. The molecule has 8 heteroatoms. The molecule has 8 nitrogen and oxygen atoms in total. The van der Waals surface area contributed by atoms with E-state index in [2.05, 4.69) is 33.9 Å². The van der Waals surface area contributed by atoms with Crippen LogP contribution in [0.5, 0.6) is 0 Å². The number of nitrogens with two attached hydrogens (primary N) is 1. The van der Waals surface area contributed by atoms with Crippen LogP contribution in [-0.2, 0) is 13.6 Å². The average molecular weight is 415 g/mol. The van der Waals surface area contributed by atoms with Gasteiger partial charge in [0.1, 0.15) is 12.2 Å². The van der Waals surface area contributed by atoms with Crippen LogP contribution in [0.2, 0.25) is 0 Å². The predicted octanol–water partition coefficient (Wildman–Crippen LogP) is 3.67. The molecule has 158 valence electrons. The molecule has 4 rings (SSSR count). The van der Waals surface area contributed by atoms with Crippen molar-refractivity contribution in [2.75, 3.05) is 0 Å². The molecular weight excluding hydrogens is 388 g/mol. The molecule has 1 atom stereocenters. The zero-order valence-electron chi connectivity index (χ0n) is 18.0. The van der Waals surface area contributed by atoms with Gasteiger partial charge in [-0.05, 0) is 31.5 Å². The molecule has 0 amide bonds. The van der Waals surface area contributed by atoms with Crippen molar-refractivity contribution in [2.24, 2.45) is 17.8 Å². The van der Waals surface area contributed by atoms with Crippen LogP contribution >= 0.6 is 0 Å². The summed E-state index contributed by atoms with van der Waals surface area (Å²) in [6.45, 7) is 4.92. The highest BCUT2D eigenvalue weighted by atomic mass is 15.2. The van der Waals surface area contributed by atoms with Gasteiger partial charge in [-0.2, -0.15) is 5.10 Å². The number of imidazole rings is 1. The molecule has 1 unspecified atom stereocenters. The first-order valence-corrected chi connectivity index (χ1v) is 10.4. The number of hydrogen-bond acceptors (Lipinski definition) is 5. The lowest BCUT2D eigenvalue weighted by molar-refractivity contribution is 0.721. The van der Waals surface area contributed by atoms with Crippen molar-refractivity contribution >= 4 is 11.7 Å². The van der Waals surface area contributed by atoms with Crippen LogP contribution in [0.1, 0.15) is 43.1 Å². The van der Waals surface area contributed by atoms with Crippen LogP contribution in [0, 0.1) is 0 Å². The molecule has 0 radical (unpaired) electrons. The predicted molar refractivity (Wildman–Crippen MR) is 121 cm³/mol. The first-order chi connectivity index (χ1) is 15.1. The van der Waals surface area contributed by atoms with Crippen LogP contribution in [0.3, 0.4) is 0 Å². The third kappa shape index (κ3) is 4.23. The fraction of sp³-hybridized carbons (Fsp3) is 0.261. The van der Waals surface area contributed by atoms with E-state index in [4.69, 9.17) is 10.7 Å². The van der Waals surface area contributed by atoms with Crippen LogP contribution < -0.4 is 5.73 Å². The Kier molecular flexibility index (Phi) is 5.88. The number of aryl methyl sites for hydroxylation is 2. The van der Waals surface area contributed by atoms with Gasteiger partial charge in [-0.1, -0.05) is 25.1 Å². The number of aromatic nitrogens is 6. The van der Waals surface area contributed by atoms with Gasteiger partial charge in [-0.25, -0.2) is 19.9 Å². The minimum Gasteiger partial charge on any atom is -0.383 e. The molecule has 0 fully saturated rings. The van der Waals surface area contributed by atoms with Crippen LogP contribution in [0.15, 0.2) is 66.4 Å². The maximum absolute atomic E-state index is 6.47. The fourth-order valence-corrected chi connectivity index (χ4v) is 3.63. The summed E-state index contributed by atoms with van der Waals surface area (Å²) in [5.74, 6) is 1.21. The Morgan fingerprint density at radius 3 is 2.71 bits per heavy atom. The Labute approximate surface area is 181 Å². The van der Waals surface area contributed by atoms with Gasteiger partial charge in [0.25, 0.3) is 0 Å². The SMILES string of the molecule is CCC(c1ccncn1)c1ncn(CC)c1/N=C(\N)c1cccc(-c2ccn(C)n2)c1. The molecule has 3 heterocycles. The lowest BCUT2D eigenvalue weighted by atomic mass is 9.98. The average Bonchev–Trinajstić information content (AvgIpc) is 3.41. The zero-order valence-corrected chi connectivity index (χ0v) is 18.0. The van der Waals surface area contributed by atoms with Gasteiger partial charge in [0, 0.05) is 43.0 Å². The Balaban J connectivity index is 1.74. The largest absolute Gasteiger partial charge is 0.383 e. The third-order valence-corrected chi connectivity index (χ3v) is 5.27. The van der Waals surface area contributed by atoms with Crippen LogP contribution in [-0.4, -0.2) is 35.1 Å². The number of amidine groups is 1. The Bertz CT molecular complexity index is 1190. The van der Waals surface area contributed by atoms with Gasteiger partial charge in [0.2, 0.25) is 0 Å². The summed E-state index contributed by atoms with van der Waals surface area (Å²) in [5, 5.41) is 4.48. The number of aliphatic imine (C=N–C) groups is 1. The van der Waals surface area contributed by atoms with E-state index in [0.717, 1.165) is 47.0 Å². The number of hydrogen-bond donors (Lipinski definition) is 1. The molecule has 0 spiro atoms. The lowest BCUT2D eigenvalue weighted by Gasteiger charge is -2.14. The minimum absolute atomic E-state index is 0.0159. The van der Waals surface area contributed by atoms with E-state index in [1.807, 2.05) is 60.5 Å². The van der Waals surface area contributed by atoms with Gasteiger partial charge in [0.05, 0.1) is 23.4 Å². The Hall–Kier alpha value is -3.81. The molecular formula is C23H26N8. The normalized spacial score (nSPS) is 12.8. The molecule has 0 aliphatic rings. The smallest absolute Gasteiger partial charge is 0.158 e. The van der Waals surface area contributed by atoms with E-state index in [9.17, 15) is 0 Å².